The Hall–Kier alpha value is -0.180. The molecule has 3 fully saturated rings. The van der Waals surface area contributed by atoms with Crippen LogP contribution >= 0.6 is 11.8 Å². The number of hydrogen-bond acceptors (Lipinski definition) is 7. The molecule has 6 nitrogen and oxygen atoms in total. The average molecular weight is 276 g/mol. The largest absolute Gasteiger partial charge is 0.342 e. The minimum atomic E-state index is -1.12. The number of thioether (sulfide) groups is 1. The molecule has 3 aliphatic heterocycles. The third-order valence-electron chi connectivity index (χ3n) is 3.24. The SMILES string of the molecule is CS[C@]12OC[C@H](O1)[C@@H]1OC(C)(C)O[C@H](C=O)[C@@H]1O2. The van der Waals surface area contributed by atoms with Crippen molar-refractivity contribution in [2.45, 2.75) is 49.4 Å². The summed E-state index contributed by atoms with van der Waals surface area (Å²) < 4.78 is 28.4. The van der Waals surface area contributed by atoms with Gasteiger partial charge in [-0.05, 0) is 20.1 Å². The van der Waals surface area contributed by atoms with Crippen molar-refractivity contribution in [1.29, 1.82) is 0 Å². The summed E-state index contributed by atoms with van der Waals surface area (Å²) in [5, 5.41) is -1.12. The second-order valence-corrected chi connectivity index (χ2v) is 5.86. The molecule has 3 aliphatic rings. The number of fused-ring (bicyclic) bond motifs is 4. The van der Waals surface area contributed by atoms with Gasteiger partial charge >= 0.3 is 5.31 Å². The summed E-state index contributed by atoms with van der Waals surface area (Å²) in [5.41, 5.74) is 0. The first-order chi connectivity index (χ1) is 8.49. The van der Waals surface area contributed by atoms with Crippen LogP contribution in [0.15, 0.2) is 0 Å². The average Bonchev–Trinajstić information content (AvgIpc) is 2.70. The van der Waals surface area contributed by atoms with Gasteiger partial charge in [-0.15, -0.1) is 0 Å². The molecule has 3 heterocycles. The van der Waals surface area contributed by atoms with Crippen LogP contribution in [0.25, 0.3) is 0 Å². The van der Waals surface area contributed by atoms with Crippen molar-refractivity contribution in [2.75, 3.05) is 12.9 Å². The van der Waals surface area contributed by atoms with E-state index in [-0.39, 0.29) is 12.2 Å². The first-order valence-corrected chi connectivity index (χ1v) is 7.07. The topological polar surface area (TPSA) is 63.2 Å². The highest BCUT2D eigenvalue weighted by molar-refractivity contribution is 7.99. The zero-order chi connectivity index (χ0) is 13.0. The molecular weight excluding hydrogens is 260 g/mol. The maximum Gasteiger partial charge on any atom is 0.338 e. The normalized spacial score (nSPS) is 49.7. The van der Waals surface area contributed by atoms with Crippen LogP contribution in [-0.4, -0.2) is 54.7 Å². The number of aldehydes is 1. The summed E-state index contributed by atoms with van der Waals surface area (Å²) in [5.74, 6) is -0.832. The predicted octanol–water partition coefficient (Wildman–Crippen LogP) is 0.494. The molecule has 0 aromatic carbocycles. The lowest BCUT2D eigenvalue weighted by Crippen LogP contribution is -2.64. The Kier molecular flexibility index (Phi) is 2.96. The lowest BCUT2D eigenvalue weighted by molar-refractivity contribution is -0.409. The molecule has 0 N–H and O–H groups in total. The van der Waals surface area contributed by atoms with Gasteiger partial charge in [0.1, 0.15) is 24.4 Å². The summed E-state index contributed by atoms with van der Waals surface area (Å²) in [4.78, 5) is 11.2. The van der Waals surface area contributed by atoms with E-state index in [0.29, 0.717) is 6.61 Å². The highest BCUT2D eigenvalue weighted by atomic mass is 32.2. The van der Waals surface area contributed by atoms with E-state index in [1.807, 2.05) is 6.26 Å². The van der Waals surface area contributed by atoms with Crippen molar-refractivity contribution in [1.82, 2.24) is 0 Å². The minimum Gasteiger partial charge on any atom is -0.342 e. The van der Waals surface area contributed by atoms with E-state index < -0.39 is 23.3 Å². The molecule has 0 radical (unpaired) electrons. The maximum absolute atomic E-state index is 11.2. The van der Waals surface area contributed by atoms with Gasteiger partial charge in [0.15, 0.2) is 12.1 Å². The monoisotopic (exact) mass is 276 g/mol. The van der Waals surface area contributed by atoms with Crippen molar-refractivity contribution in [2.24, 2.45) is 0 Å². The van der Waals surface area contributed by atoms with E-state index in [1.165, 1.54) is 11.8 Å². The summed E-state index contributed by atoms with van der Waals surface area (Å²) >= 11 is 1.31. The van der Waals surface area contributed by atoms with Crippen molar-refractivity contribution in [3.8, 4) is 0 Å². The summed E-state index contributed by atoms with van der Waals surface area (Å²) in [6, 6.07) is 0. The fourth-order valence-corrected chi connectivity index (χ4v) is 3.13. The number of hydrogen-bond donors (Lipinski definition) is 0. The molecule has 2 bridgehead atoms. The van der Waals surface area contributed by atoms with Gasteiger partial charge in [0, 0.05) is 0 Å². The summed E-state index contributed by atoms with van der Waals surface area (Å²) in [7, 11) is 0. The Morgan fingerprint density at radius 1 is 1.17 bits per heavy atom. The summed E-state index contributed by atoms with van der Waals surface area (Å²) in [6.07, 6.45) is 0.824. The van der Waals surface area contributed by atoms with E-state index in [4.69, 9.17) is 23.7 Å². The van der Waals surface area contributed by atoms with Gasteiger partial charge in [-0.3, -0.25) is 0 Å². The lowest BCUT2D eigenvalue weighted by atomic mass is 10.0. The Morgan fingerprint density at radius 3 is 2.61 bits per heavy atom. The molecule has 7 heteroatoms. The van der Waals surface area contributed by atoms with Gasteiger partial charge in [0.25, 0.3) is 0 Å². The van der Waals surface area contributed by atoms with Gasteiger partial charge in [0.2, 0.25) is 0 Å². The first-order valence-electron chi connectivity index (χ1n) is 5.84. The maximum atomic E-state index is 11.2. The highest BCUT2D eigenvalue weighted by Crippen LogP contribution is 2.46. The molecule has 0 aromatic rings. The van der Waals surface area contributed by atoms with E-state index in [2.05, 4.69) is 0 Å². The second kappa shape index (κ2) is 4.16. The third kappa shape index (κ3) is 1.90. The second-order valence-electron chi connectivity index (χ2n) is 4.95. The van der Waals surface area contributed by atoms with Crippen molar-refractivity contribution in [3.63, 3.8) is 0 Å². The molecule has 0 aromatic heterocycles. The standard InChI is InChI=1S/C11H16O6S/c1-10(2)14-6(4-12)8-9(16-10)7-5-13-11(15-7,17-8)18-3/h4,6-9H,5H2,1-3H3/t6-,7+,8+,9+,11-/m1/s1. The molecule has 3 saturated heterocycles. The zero-order valence-electron chi connectivity index (χ0n) is 10.5. The fraction of sp³-hybridized carbons (Fsp3) is 0.909. The molecule has 0 aliphatic carbocycles. The van der Waals surface area contributed by atoms with Crippen molar-refractivity contribution < 1.29 is 28.5 Å². The molecule has 3 rings (SSSR count). The molecule has 5 atom stereocenters. The quantitative estimate of drug-likeness (QED) is 0.680. The van der Waals surface area contributed by atoms with Crippen LogP contribution < -0.4 is 0 Å². The Morgan fingerprint density at radius 2 is 1.94 bits per heavy atom. The van der Waals surface area contributed by atoms with Crippen LogP contribution in [0.2, 0.25) is 0 Å². The van der Waals surface area contributed by atoms with E-state index in [9.17, 15) is 4.79 Å². The van der Waals surface area contributed by atoms with Gasteiger partial charge in [-0.25, -0.2) is 0 Å². The first kappa shape index (κ1) is 12.8. The molecule has 102 valence electrons. The van der Waals surface area contributed by atoms with Gasteiger partial charge in [0.05, 0.1) is 6.61 Å². The van der Waals surface area contributed by atoms with Crippen LogP contribution in [0.4, 0.5) is 0 Å². The van der Waals surface area contributed by atoms with Crippen LogP contribution in [0.3, 0.4) is 0 Å². The number of carbonyl (C=O) groups is 1. The van der Waals surface area contributed by atoms with E-state index >= 15 is 0 Å². The van der Waals surface area contributed by atoms with Crippen LogP contribution in [-0.2, 0) is 28.5 Å². The van der Waals surface area contributed by atoms with E-state index in [0.717, 1.165) is 6.29 Å². The predicted molar refractivity (Wildman–Crippen MR) is 61.8 cm³/mol. The molecule has 0 spiro atoms. The molecule has 0 unspecified atom stereocenters. The van der Waals surface area contributed by atoms with Crippen molar-refractivity contribution in [3.05, 3.63) is 0 Å². The Bertz CT molecular complexity index is 361. The lowest BCUT2D eigenvalue weighted by Gasteiger charge is -2.49. The van der Waals surface area contributed by atoms with Crippen LogP contribution in [0, 0.1) is 0 Å². The van der Waals surface area contributed by atoms with Crippen LogP contribution in [0.1, 0.15) is 13.8 Å². The zero-order valence-corrected chi connectivity index (χ0v) is 11.3. The van der Waals surface area contributed by atoms with Gasteiger partial charge < -0.3 is 28.5 Å². The minimum absolute atomic E-state index is 0.234. The number of rotatable bonds is 2. The van der Waals surface area contributed by atoms with Gasteiger partial charge in [-0.2, -0.15) is 0 Å². The third-order valence-corrected chi connectivity index (χ3v) is 4.05. The highest BCUT2D eigenvalue weighted by Gasteiger charge is 2.60. The fourth-order valence-electron chi connectivity index (χ4n) is 2.51. The number of ether oxygens (including phenoxy) is 5. The molecular formula is C11H16O6S. The Labute approximate surface area is 109 Å². The number of carbonyl (C=O) groups excluding carboxylic acids is 1. The summed E-state index contributed by atoms with van der Waals surface area (Å²) in [6.45, 7) is 3.93. The van der Waals surface area contributed by atoms with E-state index in [1.54, 1.807) is 13.8 Å². The smallest absolute Gasteiger partial charge is 0.338 e. The molecule has 18 heavy (non-hydrogen) atoms. The molecule has 0 amide bonds. The van der Waals surface area contributed by atoms with Crippen molar-refractivity contribution >= 4 is 18.0 Å². The van der Waals surface area contributed by atoms with Gasteiger partial charge in [-0.1, -0.05) is 11.8 Å². The Balaban J connectivity index is 1.89. The molecule has 0 saturated carbocycles. The van der Waals surface area contributed by atoms with Crippen LogP contribution in [0.5, 0.6) is 0 Å².